The first-order valence-electron chi connectivity index (χ1n) is 19.0. The van der Waals surface area contributed by atoms with Crippen LogP contribution in [0.3, 0.4) is 0 Å². The molecular formula is C39H60N6O7. The van der Waals surface area contributed by atoms with Gasteiger partial charge in [0.1, 0.15) is 36.6 Å². The molecule has 5 atom stereocenters. The number of hydrogen-bond acceptors (Lipinski definition) is 8. The lowest BCUT2D eigenvalue weighted by Crippen LogP contribution is -2.64. The van der Waals surface area contributed by atoms with Crippen molar-refractivity contribution in [3.63, 3.8) is 0 Å². The predicted octanol–water partition coefficient (Wildman–Crippen LogP) is 4.19. The van der Waals surface area contributed by atoms with E-state index in [-0.39, 0.29) is 30.8 Å². The number of ketones is 1. The van der Waals surface area contributed by atoms with E-state index in [2.05, 4.69) is 22.9 Å². The Morgan fingerprint density at radius 2 is 1.69 bits per heavy atom. The minimum absolute atomic E-state index is 0.0461. The lowest BCUT2D eigenvalue weighted by molar-refractivity contribution is -0.147. The zero-order valence-electron chi connectivity index (χ0n) is 32.2. The van der Waals surface area contributed by atoms with Crippen molar-refractivity contribution in [3.8, 4) is 0 Å². The zero-order valence-corrected chi connectivity index (χ0v) is 32.2. The monoisotopic (exact) mass is 724 g/mol. The Kier molecular flexibility index (Phi) is 16.8. The standard InChI is InChI=1S/C31H44N6O6.C8H16O/c1-6-19(2)26-30(41)36-14-10-9-13-25(36)29(40)32-20(3)27(38)33-23(28(39)34-26)17-21-18-37(24-12-8-7-11-22(21)24)31(42)43-16-15-35(4)5;1-3-5-6-7-8(9)4-2/h7-8,11-12,18-20,23,25-26H,6,9-10,13-17H2,1-5H3,(H,32,40)(H,33,38)(H,34,39);3-7H2,1-2H3/t19?,20-,23?,25+,26-;/m0./s1. The number of carbonyl (C=O) groups excluding carboxylic acids is 6. The molecule has 0 radical (unpaired) electrons. The largest absolute Gasteiger partial charge is 0.448 e. The molecule has 3 N–H and O–H groups in total. The number of amides is 4. The fourth-order valence-electron chi connectivity index (χ4n) is 6.38. The van der Waals surface area contributed by atoms with Crippen molar-refractivity contribution in [1.82, 2.24) is 30.3 Å². The molecule has 0 spiro atoms. The second-order valence-electron chi connectivity index (χ2n) is 14.2. The van der Waals surface area contributed by atoms with Gasteiger partial charge in [-0.05, 0) is 64.3 Å². The Labute approximate surface area is 308 Å². The normalized spacial score (nSPS) is 21.8. The van der Waals surface area contributed by atoms with Gasteiger partial charge in [-0.2, -0.15) is 0 Å². The highest BCUT2D eigenvalue weighted by Gasteiger charge is 2.40. The van der Waals surface area contributed by atoms with Crippen LogP contribution in [0, 0.1) is 5.92 Å². The summed E-state index contributed by atoms with van der Waals surface area (Å²) < 4.78 is 6.87. The number of nitrogens with one attached hydrogen (secondary N) is 3. The summed E-state index contributed by atoms with van der Waals surface area (Å²) in [4.78, 5) is 81.4. The van der Waals surface area contributed by atoms with E-state index >= 15 is 0 Å². The van der Waals surface area contributed by atoms with Gasteiger partial charge < -0.3 is 30.5 Å². The highest BCUT2D eigenvalue weighted by molar-refractivity contribution is 5.98. The molecule has 288 valence electrons. The summed E-state index contributed by atoms with van der Waals surface area (Å²) >= 11 is 0. The molecule has 0 aliphatic carbocycles. The number of unbranched alkanes of at least 4 members (excludes halogenated alkanes) is 2. The van der Waals surface area contributed by atoms with Crippen molar-refractivity contribution in [3.05, 3.63) is 36.0 Å². The van der Waals surface area contributed by atoms with Crippen LogP contribution in [-0.2, 0) is 35.1 Å². The summed E-state index contributed by atoms with van der Waals surface area (Å²) in [5.41, 5.74) is 1.25. The van der Waals surface area contributed by atoms with E-state index < -0.39 is 42.1 Å². The molecule has 2 saturated heterocycles. The van der Waals surface area contributed by atoms with Gasteiger partial charge >= 0.3 is 6.09 Å². The van der Waals surface area contributed by atoms with Crippen molar-refractivity contribution >= 4 is 46.4 Å². The number of aromatic nitrogens is 1. The molecule has 1 aromatic heterocycles. The first kappa shape index (κ1) is 42.2. The third kappa shape index (κ3) is 11.6. The highest BCUT2D eigenvalue weighted by atomic mass is 16.5. The minimum atomic E-state index is -1.08. The lowest BCUT2D eigenvalue weighted by atomic mass is 9.93. The molecule has 1 aromatic carbocycles. The summed E-state index contributed by atoms with van der Waals surface area (Å²) in [7, 11) is 3.77. The van der Waals surface area contributed by atoms with Crippen molar-refractivity contribution in [2.75, 3.05) is 33.8 Å². The number of piperidine rings is 1. The van der Waals surface area contributed by atoms with E-state index in [0.29, 0.717) is 49.2 Å². The third-order valence-electron chi connectivity index (χ3n) is 9.88. The maximum Gasteiger partial charge on any atom is 0.418 e. The van der Waals surface area contributed by atoms with E-state index in [1.165, 1.54) is 17.4 Å². The number of likely N-dealkylation sites (N-methyl/N-ethyl adjacent to an activating group) is 1. The first-order valence-corrected chi connectivity index (χ1v) is 19.0. The van der Waals surface area contributed by atoms with E-state index in [4.69, 9.17) is 4.74 Å². The number of fused-ring (bicyclic) bond motifs is 2. The van der Waals surface area contributed by atoms with Crippen molar-refractivity contribution in [2.24, 2.45) is 5.92 Å². The van der Waals surface area contributed by atoms with E-state index in [1.807, 2.05) is 51.9 Å². The second-order valence-corrected chi connectivity index (χ2v) is 14.2. The number of hydrogen-bond donors (Lipinski definition) is 3. The first-order chi connectivity index (χ1) is 24.8. The fourth-order valence-corrected chi connectivity index (χ4v) is 6.38. The average molecular weight is 725 g/mol. The van der Waals surface area contributed by atoms with Crippen molar-refractivity contribution in [2.45, 2.75) is 123 Å². The number of ether oxygens (including phenoxy) is 1. The molecule has 2 aliphatic rings. The molecular weight excluding hydrogens is 664 g/mol. The molecule has 4 rings (SSSR count). The molecule has 2 unspecified atom stereocenters. The highest BCUT2D eigenvalue weighted by Crippen LogP contribution is 2.25. The number of benzene rings is 1. The summed E-state index contributed by atoms with van der Waals surface area (Å²) in [5.74, 6) is -1.50. The van der Waals surface area contributed by atoms with Crippen LogP contribution in [0.15, 0.2) is 30.5 Å². The second kappa shape index (κ2) is 20.7. The summed E-state index contributed by atoms with van der Waals surface area (Å²) in [5, 5.41) is 9.21. The van der Waals surface area contributed by atoms with Gasteiger partial charge in [-0.3, -0.25) is 28.5 Å². The van der Waals surface area contributed by atoms with Gasteiger partial charge in [0.2, 0.25) is 23.6 Å². The SMILES string of the molecule is CCC(C)[C@@H]1NC(=O)C(Cc2cn(C(=O)OCCN(C)C)c3ccccc23)NC(=O)[C@H](C)NC(=O)[C@H]2CCCCN2C1=O.CCCCCC(=O)CC. The molecule has 2 fully saturated rings. The Hall–Kier alpha value is -4.26. The zero-order chi connectivity index (χ0) is 38.4. The van der Waals surface area contributed by atoms with Crippen LogP contribution in [0.25, 0.3) is 10.9 Å². The third-order valence-corrected chi connectivity index (χ3v) is 9.88. The van der Waals surface area contributed by atoms with Crippen LogP contribution < -0.4 is 16.0 Å². The molecule has 2 aliphatic heterocycles. The molecule has 3 heterocycles. The quantitative estimate of drug-likeness (QED) is 0.275. The van der Waals surface area contributed by atoms with Crippen LogP contribution >= 0.6 is 0 Å². The predicted molar refractivity (Wildman–Crippen MR) is 201 cm³/mol. The molecule has 13 heteroatoms. The van der Waals surface area contributed by atoms with Crippen LogP contribution in [0.4, 0.5) is 4.79 Å². The van der Waals surface area contributed by atoms with Gasteiger partial charge in [-0.1, -0.05) is 65.2 Å². The van der Waals surface area contributed by atoms with Crippen molar-refractivity contribution in [1.29, 1.82) is 0 Å². The number of Topliss-reactive ketones (excluding diaryl/α,β-unsaturated/α-hetero) is 1. The molecule has 2 aromatic rings. The van der Waals surface area contributed by atoms with E-state index in [1.54, 1.807) is 30.2 Å². The average Bonchev–Trinajstić information content (AvgIpc) is 3.50. The molecule has 52 heavy (non-hydrogen) atoms. The maximum atomic E-state index is 13.9. The van der Waals surface area contributed by atoms with Crippen LogP contribution in [0.5, 0.6) is 0 Å². The summed E-state index contributed by atoms with van der Waals surface area (Å²) in [6.07, 6.45) is 8.80. The van der Waals surface area contributed by atoms with Crippen LogP contribution in [0.1, 0.15) is 98.0 Å². The maximum absolute atomic E-state index is 13.9. The van der Waals surface area contributed by atoms with Crippen LogP contribution in [-0.4, -0.2) is 108 Å². The summed E-state index contributed by atoms with van der Waals surface area (Å²) in [6.45, 7) is 10.6. The number of rotatable bonds is 12. The Morgan fingerprint density at radius 1 is 0.962 bits per heavy atom. The number of nitrogens with zero attached hydrogens (tertiary/aromatic N) is 3. The molecule has 0 saturated carbocycles. The minimum Gasteiger partial charge on any atom is -0.448 e. The topological polar surface area (TPSA) is 159 Å². The number of carbonyl (C=O) groups is 6. The summed E-state index contributed by atoms with van der Waals surface area (Å²) in [6, 6.07) is 3.70. The molecule has 0 bridgehead atoms. The van der Waals surface area contributed by atoms with Gasteiger partial charge in [0.25, 0.3) is 0 Å². The lowest BCUT2D eigenvalue weighted by Gasteiger charge is -2.39. The van der Waals surface area contributed by atoms with Crippen molar-refractivity contribution < 1.29 is 33.5 Å². The number of para-hydroxylation sites is 1. The smallest absolute Gasteiger partial charge is 0.418 e. The van der Waals surface area contributed by atoms with Gasteiger partial charge in [0.05, 0.1) is 5.52 Å². The van der Waals surface area contributed by atoms with Gasteiger partial charge in [0, 0.05) is 43.9 Å². The Morgan fingerprint density at radius 3 is 2.37 bits per heavy atom. The van der Waals surface area contributed by atoms with Crippen LogP contribution in [0.2, 0.25) is 0 Å². The van der Waals surface area contributed by atoms with Gasteiger partial charge in [-0.25, -0.2) is 4.79 Å². The van der Waals surface area contributed by atoms with Gasteiger partial charge in [0.15, 0.2) is 0 Å². The molecule has 4 amide bonds. The van der Waals surface area contributed by atoms with E-state index in [9.17, 15) is 28.8 Å². The van der Waals surface area contributed by atoms with E-state index in [0.717, 1.165) is 31.1 Å². The Bertz CT molecular complexity index is 1540. The fraction of sp³-hybridized carbons (Fsp3) is 0.641. The molecule has 13 nitrogen and oxygen atoms in total. The Balaban J connectivity index is 0.000000715. The van der Waals surface area contributed by atoms with Gasteiger partial charge in [-0.15, -0.1) is 0 Å².